The third-order valence-electron chi connectivity index (χ3n) is 3.20. The molecule has 0 amide bonds. The normalized spacial score (nSPS) is 20.6. The number of ether oxygens (including phenoxy) is 2. The summed E-state index contributed by atoms with van der Waals surface area (Å²) >= 11 is 0. The minimum absolute atomic E-state index is 0.191. The molecule has 0 bridgehead atoms. The van der Waals surface area contributed by atoms with Crippen LogP contribution in [0.1, 0.15) is 24.4 Å². The van der Waals surface area contributed by atoms with E-state index in [1.165, 1.54) is 12.8 Å². The summed E-state index contributed by atoms with van der Waals surface area (Å²) in [5.41, 5.74) is 4.02. The van der Waals surface area contributed by atoms with Crippen LogP contribution >= 0.6 is 0 Å². The van der Waals surface area contributed by atoms with Gasteiger partial charge in [0.2, 0.25) is 0 Å². The van der Waals surface area contributed by atoms with Crippen LogP contribution < -0.4 is 20.7 Å². The summed E-state index contributed by atoms with van der Waals surface area (Å²) in [5.74, 6) is 7.98. The maximum atomic E-state index is 5.69. The molecule has 1 unspecified atom stereocenters. The second-order valence-corrected chi connectivity index (χ2v) is 4.35. The third-order valence-corrected chi connectivity index (χ3v) is 3.20. The van der Waals surface area contributed by atoms with Gasteiger partial charge in [-0.05, 0) is 24.8 Å². The molecule has 3 N–H and O–H groups in total. The van der Waals surface area contributed by atoms with Crippen LogP contribution in [-0.2, 0) is 0 Å². The quantitative estimate of drug-likeness (QED) is 0.596. The lowest BCUT2D eigenvalue weighted by Gasteiger charge is -2.24. The Morgan fingerprint density at radius 3 is 2.81 bits per heavy atom. The molecule has 4 heteroatoms. The molecular weight excluding hydrogens is 204 g/mol. The van der Waals surface area contributed by atoms with Crippen LogP contribution in [0.25, 0.3) is 0 Å². The highest BCUT2D eigenvalue weighted by Gasteiger charge is 2.34. The van der Waals surface area contributed by atoms with Crippen LogP contribution in [0.3, 0.4) is 0 Å². The zero-order chi connectivity index (χ0) is 11.0. The Bertz CT molecular complexity index is 391. The largest absolute Gasteiger partial charge is 0.486 e. The molecular formula is C12H16N2O2. The van der Waals surface area contributed by atoms with Crippen molar-refractivity contribution in [1.29, 1.82) is 0 Å². The number of benzene rings is 1. The molecule has 0 radical (unpaired) electrons. The van der Waals surface area contributed by atoms with Gasteiger partial charge in [-0.25, -0.2) is 0 Å². The molecule has 16 heavy (non-hydrogen) atoms. The first-order chi connectivity index (χ1) is 7.90. The second kappa shape index (κ2) is 3.96. The van der Waals surface area contributed by atoms with Crippen LogP contribution in [-0.4, -0.2) is 13.2 Å². The number of nitrogens with two attached hydrogens (primary N) is 1. The number of hydrogen-bond acceptors (Lipinski definition) is 4. The Kier molecular flexibility index (Phi) is 2.46. The molecule has 86 valence electrons. The van der Waals surface area contributed by atoms with Gasteiger partial charge in [-0.2, -0.15) is 0 Å². The monoisotopic (exact) mass is 220 g/mol. The van der Waals surface area contributed by atoms with E-state index in [4.69, 9.17) is 15.3 Å². The molecule has 1 aromatic carbocycles. The van der Waals surface area contributed by atoms with Crippen molar-refractivity contribution in [3.05, 3.63) is 23.8 Å². The fourth-order valence-electron chi connectivity index (χ4n) is 2.25. The fourth-order valence-corrected chi connectivity index (χ4v) is 2.25. The van der Waals surface area contributed by atoms with Crippen molar-refractivity contribution in [2.75, 3.05) is 13.2 Å². The summed E-state index contributed by atoms with van der Waals surface area (Å²) in [4.78, 5) is 0. The Labute approximate surface area is 94.7 Å². The van der Waals surface area contributed by atoms with Gasteiger partial charge in [0, 0.05) is 5.56 Å². The lowest BCUT2D eigenvalue weighted by Crippen LogP contribution is -2.30. The molecule has 1 aliphatic heterocycles. The smallest absolute Gasteiger partial charge is 0.166 e. The standard InChI is InChI=1S/C12H16N2O2/c13-14-11(8-4-5-8)9-2-1-3-10-12(9)16-7-6-15-10/h1-3,8,11,14H,4-7,13H2. The topological polar surface area (TPSA) is 56.5 Å². The number of fused-ring (bicyclic) bond motifs is 1. The zero-order valence-electron chi connectivity index (χ0n) is 9.11. The van der Waals surface area contributed by atoms with Gasteiger partial charge in [0.1, 0.15) is 13.2 Å². The number of para-hydroxylation sites is 1. The van der Waals surface area contributed by atoms with E-state index in [1.807, 2.05) is 12.1 Å². The predicted octanol–water partition coefficient (Wildman–Crippen LogP) is 1.37. The van der Waals surface area contributed by atoms with E-state index in [2.05, 4.69) is 11.5 Å². The summed E-state index contributed by atoms with van der Waals surface area (Å²) in [6.45, 7) is 1.24. The van der Waals surface area contributed by atoms with Crippen molar-refractivity contribution in [3.8, 4) is 11.5 Å². The van der Waals surface area contributed by atoms with Crippen molar-refractivity contribution in [2.45, 2.75) is 18.9 Å². The molecule has 0 saturated heterocycles. The number of nitrogens with one attached hydrogen (secondary N) is 1. The van der Waals surface area contributed by atoms with Crippen molar-refractivity contribution in [2.24, 2.45) is 11.8 Å². The van der Waals surface area contributed by atoms with Crippen LogP contribution in [0.5, 0.6) is 11.5 Å². The summed E-state index contributed by atoms with van der Waals surface area (Å²) in [7, 11) is 0. The highest BCUT2D eigenvalue weighted by molar-refractivity contribution is 5.49. The first-order valence-electron chi connectivity index (χ1n) is 5.75. The minimum atomic E-state index is 0.191. The van der Waals surface area contributed by atoms with E-state index in [-0.39, 0.29) is 6.04 Å². The molecule has 2 aliphatic rings. The average Bonchev–Trinajstić information content (AvgIpc) is 3.15. The van der Waals surface area contributed by atoms with E-state index in [1.54, 1.807) is 0 Å². The molecule has 1 atom stereocenters. The first-order valence-corrected chi connectivity index (χ1v) is 5.75. The molecule has 3 rings (SSSR count). The van der Waals surface area contributed by atoms with Crippen LogP contribution in [0.15, 0.2) is 18.2 Å². The minimum Gasteiger partial charge on any atom is -0.486 e. The van der Waals surface area contributed by atoms with E-state index in [0.29, 0.717) is 19.1 Å². The van der Waals surface area contributed by atoms with Crippen molar-refractivity contribution >= 4 is 0 Å². The molecule has 1 heterocycles. The summed E-state index contributed by atoms with van der Waals surface area (Å²) < 4.78 is 11.3. The second-order valence-electron chi connectivity index (χ2n) is 4.35. The molecule has 4 nitrogen and oxygen atoms in total. The lowest BCUT2D eigenvalue weighted by molar-refractivity contribution is 0.168. The Morgan fingerprint density at radius 1 is 1.25 bits per heavy atom. The van der Waals surface area contributed by atoms with E-state index >= 15 is 0 Å². The predicted molar refractivity (Wildman–Crippen MR) is 60.2 cm³/mol. The summed E-state index contributed by atoms with van der Waals surface area (Å²) in [5, 5.41) is 0. The average molecular weight is 220 g/mol. The van der Waals surface area contributed by atoms with Crippen molar-refractivity contribution in [3.63, 3.8) is 0 Å². The van der Waals surface area contributed by atoms with Gasteiger partial charge in [0.15, 0.2) is 11.5 Å². The van der Waals surface area contributed by atoms with Gasteiger partial charge in [0.05, 0.1) is 6.04 Å². The van der Waals surface area contributed by atoms with Gasteiger partial charge in [0.25, 0.3) is 0 Å². The van der Waals surface area contributed by atoms with Crippen LogP contribution in [0, 0.1) is 5.92 Å². The summed E-state index contributed by atoms with van der Waals surface area (Å²) in [6.07, 6.45) is 2.47. The number of hydrazine groups is 1. The van der Waals surface area contributed by atoms with Crippen LogP contribution in [0.2, 0.25) is 0 Å². The Morgan fingerprint density at radius 2 is 2.06 bits per heavy atom. The van der Waals surface area contributed by atoms with Gasteiger partial charge < -0.3 is 9.47 Å². The van der Waals surface area contributed by atoms with Gasteiger partial charge in [-0.1, -0.05) is 12.1 Å². The lowest BCUT2D eigenvalue weighted by atomic mass is 10.0. The Hall–Kier alpha value is -1.26. The highest BCUT2D eigenvalue weighted by atomic mass is 16.6. The zero-order valence-corrected chi connectivity index (χ0v) is 9.11. The number of rotatable bonds is 3. The highest BCUT2D eigenvalue weighted by Crippen LogP contribution is 2.46. The fraction of sp³-hybridized carbons (Fsp3) is 0.500. The van der Waals surface area contributed by atoms with Gasteiger partial charge in [-0.15, -0.1) is 0 Å². The Balaban J connectivity index is 1.98. The van der Waals surface area contributed by atoms with E-state index in [0.717, 1.165) is 17.1 Å². The SMILES string of the molecule is NNC(c1cccc2c1OCCO2)C1CC1. The van der Waals surface area contributed by atoms with Gasteiger partial charge >= 0.3 is 0 Å². The molecule has 1 fully saturated rings. The molecule has 0 aromatic heterocycles. The van der Waals surface area contributed by atoms with Crippen molar-refractivity contribution < 1.29 is 9.47 Å². The first kappa shape index (κ1) is 9.93. The van der Waals surface area contributed by atoms with Crippen LogP contribution in [0.4, 0.5) is 0 Å². The van der Waals surface area contributed by atoms with Gasteiger partial charge in [-0.3, -0.25) is 11.3 Å². The maximum absolute atomic E-state index is 5.69. The summed E-state index contributed by atoms with van der Waals surface area (Å²) in [6, 6.07) is 6.20. The number of hydrogen-bond donors (Lipinski definition) is 2. The molecule has 1 aliphatic carbocycles. The molecule has 1 aromatic rings. The third kappa shape index (κ3) is 1.64. The maximum Gasteiger partial charge on any atom is 0.166 e. The van der Waals surface area contributed by atoms with Crippen molar-refractivity contribution in [1.82, 2.24) is 5.43 Å². The van der Waals surface area contributed by atoms with E-state index < -0.39 is 0 Å². The van der Waals surface area contributed by atoms with E-state index in [9.17, 15) is 0 Å². The molecule has 1 saturated carbocycles. The molecule has 0 spiro atoms.